The monoisotopic (exact) mass is 321 g/mol. The molecule has 1 aliphatic rings. The molecule has 2 aromatic carbocycles. The number of halogens is 1. The molecular weight excluding hydrogens is 306 g/mol. The van der Waals surface area contributed by atoms with Gasteiger partial charge in [-0.2, -0.15) is 0 Å². The van der Waals surface area contributed by atoms with Crippen molar-refractivity contribution >= 4 is 28.1 Å². The van der Waals surface area contributed by atoms with Gasteiger partial charge in [0, 0.05) is 5.69 Å². The van der Waals surface area contributed by atoms with Crippen LogP contribution >= 0.6 is 11.6 Å². The van der Waals surface area contributed by atoms with Crippen molar-refractivity contribution in [3.05, 3.63) is 58.6 Å². The van der Waals surface area contributed by atoms with Crippen molar-refractivity contribution in [1.82, 2.24) is 0 Å². The zero-order valence-corrected chi connectivity index (χ0v) is 13.0. The molecule has 3 rings (SSSR count). The Bertz CT molecular complexity index is 669. The van der Waals surface area contributed by atoms with Crippen molar-refractivity contribution in [1.29, 1.82) is 0 Å². The second-order valence-electron chi connectivity index (χ2n) is 4.98. The highest BCUT2D eigenvalue weighted by Crippen LogP contribution is 2.32. The van der Waals surface area contributed by atoms with E-state index in [4.69, 9.17) is 22.1 Å². The Kier molecular flexibility index (Phi) is 4.29. The number of benzene rings is 2. The molecule has 0 radical (unpaired) electrons. The Balaban J connectivity index is 1.86. The number of ether oxygens (including phenoxy) is 1. The molecule has 21 heavy (non-hydrogen) atoms. The topological polar surface area (TPSA) is 52.3 Å². The van der Waals surface area contributed by atoms with Crippen molar-refractivity contribution in [2.24, 2.45) is 0 Å². The predicted octanol–water partition coefficient (Wildman–Crippen LogP) is 3.34. The van der Waals surface area contributed by atoms with Gasteiger partial charge in [-0.05, 0) is 29.7 Å². The summed E-state index contributed by atoms with van der Waals surface area (Å²) in [7, 11) is -1.29. The van der Waals surface area contributed by atoms with E-state index in [0.717, 1.165) is 12.0 Å². The summed E-state index contributed by atoms with van der Waals surface area (Å²) in [5.74, 6) is 0.366. The quantitative estimate of drug-likeness (QED) is 0.882. The highest BCUT2D eigenvalue weighted by atomic mass is 35.5. The van der Waals surface area contributed by atoms with E-state index in [1.807, 2.05) is 18.2 Å². The minimum atomic E-state index is -1.29. The molecule has 0 aliphatic carbocycles. The fourth-order valence-electron chi connectivity index (χ4n) is 2.60. The lowest BCUT2D eigenvalue weighted by atomic mass is 9.99. The Morgan fingerprint density at radius 2 is 2.05 bits per heavy atom. The van der Waals surface area contributed by atoms with Crippen LogP contribution in [-0.2, 0) is 22.0 Å². The van der Waals surface area contributed by atoms with Gasteiger partial charge < -0.3 is 10.5 Å². The largest absolute Gasteiger partial charge is 0.398 e. The molecule has 0 bridgehead atoms. The van der Waals surface area contributed by atoms with Crippen LogP contribution < -0.4 is 5.73 Å². The summed E-state index contributed by atoms with van der Waals surface area (Å²) in [6, 6.07) is 13.3. The molecule has 3 nitrogen and oxygen atoms in total. The molecule has 0 spiro atoms. The van der Waals surface area contributed by atoms with Crippen LogP contribution in [0, 0.1) is 0 Å². The zero-order chi connectivity index (χ0) is 14.8. The van der Waals surface area contributed by atoms with Gasteiger partial charge in [0.2, 0.25) is 0 Å². The average Bonchev–Trinajstić information content (AvgIpc) is 2.47. The molecule has 5 heteroatoms. The van der Waals surface area contributed by atoms with Crippen LogP contribution in [0.2, 0.25) is 5.02 Å². The molecule has 0 fully saturated rings. The molecule has 0 amide bonds. The Morgan fingerprint density at radius 3 is 2.86 bits per heavy atom. The molecule has 0 aromatic heterocycles. The Morgan fingerprint density at radius 1 is 1.24 bits per heavy atom. The molecule has 2 atom stereocenters. The van der Waals surface area contributed by atoms with E-state index in [-0.39, 0.29) is 6.10 Å². The first-order valence-electron chi connectivity index (χ1n) is 6.78. The van der Waals surface area contributed by atoms with E-state index in [1.54, 1.807) is 18.2 Å². The summed E-state index contributed by atoms with van der Waals surface area (Å²) in [4.78, 5) is 0.505. The molecule has 1 aliphatic heterocycles. The summed E-state index contributed by atoms with van der Waals surface area (Å²) in [6.45, 7) is 0.650. The highest BCUT2D eigenvalue weighted by Gasteiger charge is 2.24. The third-order valence-corrected chi connectivity index (χ3v) is 5.56. The first-order valence-corrected chi connectivity index (χ1v) is 8.48. The second-order valence-corrected chi connectivity index (χ2v) is 6.82. The van der Waals surface area contributed by atoms with Crippen LogP contribution in [-0.4, -0.2) is 16.6 Å². The van der Waals surface area contributed by atoms with E-state index in [2.05, 4.69) is 6.07 Å². The van der Waals surface area contributed by atoms with Crippen LogP contribution in [0.25, 0.3) is 0 Å². The number of fused-ring (bicyclic) bond motifs is 1. The van der Waals surface area contributed by atoms with Crippen LogP contribution in [0.1, 0.15) is 17.2 Å². The maximum atomic E-state index is 12.6. The normalized spacial score (nSPS) is 19.0. The number of hydrogen-bond acceptors (Lipinski definition) is 3. The molecule has 0 saturated heterocycles. The van der Waals surface area contributed by atoms with Crippen molar-refractivity contribution in [3.63, 3.8) is 0 Å². The van der Waals surface area contributed by atoms with Gasteiger partial charge in [0.1, 0.15) is 0 Å². The number of anilines is 1. The van der Waals surface area contributed by atoms with E-state index in [1.165, 1.54) is 5.56 Å². The molecule has 1 heterocycles. The lowest BCUT2D eigenvalue weighted by Crippen LogP contribution is -2.21. The Hall–Kier alpha value is -1.36. The molecular formula is C16H16ClNO2S. The number of nitrogen functional groups attached to an aromatic ring is 1. The molecule has 2 aromatic rings. The molecule has 110 valence electrons. The van der Waals surface area contributed by atoms with Gasteiger partial charge in [-0.25, -0.2) is 0 Å². The number of nitrogens with two attached hydrogens (primary N) is 1. The van der Waals surface area contributed by atoms with Crippen molar-refractivity contribution in [3.8, 4) is 0 Å². The van der Waals surface area contributed by atoms with Gasteiger partial charge in [0.25, 0.3) is 0 Å². The van der Waals surface area contributed by atoms with Crippen LogP contribution in [0.3, 0.4) is 0 Å². The lowest BCUT2D eigenvalue weighted by molar-refractivity contribution is 0.0582. The minimum Gasteiger partial charge on any atom is -0.398 e. The summed E-state index contributed by atoms with van der Waals surface area (Å²) in [6.07, 6.45) is 0.722. The average molecular weight is 322 g/mol. The van der Waals surface area contributed by atoms with Gasteiger partial charge >= 0.3 is 0 Å². The SMILES string of the molecule is Nc1cccc(Cl)c1S(=O)CC1OCCc2ccccc21. The van der Waals surface area contributed by atoms with Crippen LogP contribution in [0.5, 0.6) is 0 Å². The lowest BCUT2D eigenvalue weighted by Gasteiger charge is -2.26. The zero-order valence-electron chi connectivity index (χ0n) is 11.4. The molecule has 2 N–H and O–H groups in total. The summed E-state index contributed by atoms with van der Waals surface area (Å²) in [5, 5.41) is 0.442. The van der Waals surface area contributed by atoms with Gasteiger partial charge in [-0.1, -0.05) is 41.9 Å². The maximum Gasteiger partial charge on any atom is 0.0946 e. The van der Waals surface area contributed by atoms with Gasteiger partial charge in [-0.15, -0.1) is 0 Å². The van der Waals surface area contributed by atoms with Gasteiger partial charge in [0.15, 0.2) is 0 Å². The minimum absolute atomic E-state index is 0.175. The third kappa shape index (κ3) is 2.98. The van der Waals surface area contributed by atoms with Crippen molar-refractivity contribution < 1.29 is 8.95 Å². The molecule has 0 saturated carbocycles. The van der Waals surface area contributed by atoms with E-state index in [9.17, 15) is 4.21 Å². The van der Waals surface area contributed by atoms with E-state index >= 15 is 0 Å². The van der Waals surface area contributed by atoms with Gasteiger partial charge in [-0.3, -0.25) is 4.21 Å². The fourth-order valence-corrected chi connectivity index (χ4v) is 4.38. The van der Waals surface area contributed by atoms with E-state index in [0.29, 0.717) is 28.0 Å². The summed E-state index contributed by atoms with van der Waals surface area (Å²) < 4.78 is 18.4. The summed E-state index contributed by atoms with van der Waals surface area (Å²) >= 11 is 6.13. The third-order valence-electron chi connectivity index (χ3n) is 3.62. The standard InChI is InChI=1S/C16H16ClNO2S/c17-13-6-3-7-14(18)16(13)21(19)10-15-12-5-2-1-4-11(12)8-9-20-15/h1-7,15H,8-10,18H2. The second kappa shape index (κ2) is 6.18. The molecule has 2 unspecified atom stereocenters. The number of rotatable bonds is 3. The van der Waals surface area contributed by atoms with Gasteiger partial charge in [0.05, 0.1) is 39.2 Å². The van der Waals surface area contributed by atoms with Crippen molar-refractivity contribution in [2.45, 2.75) is 17.4 Å². The first-order chi connectivity index (χ1) is 10.2. The summed E-state index contributed by atoms with van der Waals surface area (Å²) in [5.41, 5.74) is 8.74. The smallest absolute Gasteiger partial charge is 0.0946 e. The maximum absolute atomic E-state index is 12.6. The number of hydrogen-bond donors (Lipinski definition) is 1. The fraction of sp³-hybridized carbons (Fsp3) is 0.250. The van der Waals surface area contributed by atoms with Crippen LogP contribution in [0.4, 0.5) is 5.69 Å². The highest BCUT2D eigenvalue weighted by molar-refractivity contribution is 7.85. The van der Waals surface area contributed by atoms with Crippen LogP contribution in [0.15, 0.2) is 47.4 Å². The van der Waals surface area contributed by atoms with Crippen molar-refractivity contribution in [2.75, 3.05) is 18.1 Å². The Labute approximate surface area is 131 Å². The van der Waals surface area contributed by atoms with E-state index < -0.39 is 10.8 Å². The first kappa shape index (κ1) is 14.6. The predicted molar refractivity (Wildman–Crippen MR) is 86.0 cm³/mol.